The maximum atomic E-state index is 14.2. The molecule has 0 saturated heterocycles. The molecule has 0 aromatic heterocycles. The number of rotatable bonds is 13. The Labute approximate surface area is 218 Å². The van der Waals surface area contributed by atoms with Gasteiger partial charge in [-0.15, -0.1) is 0 Å². The van der Waals surface area contributed by atoms with Gasteiger partial charge in [-0.2, -0.15) is 0 Å². The summed E-state index contributed by atoms with van der Waals surface area (Å²) in [6.45, 7) is 17.9. The van der Waals surface area contributed by atoms with Crippen molar-refractivity contribution in [2.24, 2.45) is 5.92 Å². The summed E-state index contributed by atoms with van der Waals surface area (Å²) >= 11 is 0. The normalized spacial score (nSPS) is 14.8. The fourth-order valence-electron chi connectivity index (χ4n) is 3.94. The quantitative estimate of drug-likeness (QED) is 0.328. The summed E-state index contributed by atoms with van der Waals surface area (Å²) in [5, 5.41) is 5.87. The van der Waals surface area contributed by atoms with Gasteiger partial charge in [0.25, 0.3) is 0 Å². The highest BCUT2D eigenvalue weighted by Gasteiger charge is 2.39. The zero-order chi connectivity index (χ0) is 27.5. The van der Waals surface area contributed by atoms with Crippen molar-refractivity contribution in [1.82, 2.24) is 15.5 Å². The highest BCUT2D eigenvalue weighted by molar-refractivity contribution is 5.92. The molecule has 0 aliphatic carbocycles. The summed E-state index contributed by atoms with van der Waals surface area (Å²) in [7, 11) is 0. The Balaban J connectivity index is 3.46. The lowest BCUT2D eigenvalue weighted by atomic mass is 9.94. The van der Waals surface area contributed by atoms with E-state index in [0.29, 0.717) is 19.4 Å². The molecule has 0 saturated carbocycles. The monoisotopic (exact) mass is 503 g/mol. The number of hydrogen-bond acceptors (Lipinski definition) is 4. The lowest BCUT2D eigenvalue weighted by Gasteiger charge is -2.39. The first-order valence-electron chi connectivity index (χ1n) is 13.5. The van der Waals surface area contributed by atoms with Crippen molar-refractivity contribution in [3.05, 3.63) is 35.4 Å². The second-order valence-electron chi connectivity index (χ2n) is 10.8. The van der Waals surface area contributed by atoms with Crippen LogP contribution >= 0.6 is 0 Å². The Morgan fingerprint density at radius 1 is 0.972 bits per heavy atom. The minimum atomic E-state index is -0.820. The summed E-state index contributed by atoms with van der Waals surface area (Å²) in [4.78, 5) is 42.1. The minimum absolute atomic E-state index is 0.150. The van der Waals surface area contributed by atoms with Crippen molar-refractivity contribution in [2.45, 2.75) is 118 Å². The van der Waals surface area contributed by atoms with E-state index < -0.39 is 23.8 Å². The van der Waals surface area contributed by atoms with Crippen LogP contribution in [-0.2, 0) is 14.3 Å². The SMILES string of the molecule is CCCCCNC(=O)C(c1ccc(C)cc1)N(C(=O)C(NC(=O)OC(C)(C)C)C(C)CC)C(C)CC. The van der Waals surface area contributed by atoms with E-state index in [2.05, 4.69) is 17.6 Å². The number of aryl methyl sites for hydroxylation is 1. The van der Waals surface area contributed by atoms with Crippen molar-refractivity contribution in [2.75, 3.05) is 6.54 Å². The number of carbonyl (C=O) groups is 3. The van der Waals surface area contributed by atoms with Crippen molar-refractivity contribution in [3.63, 3.8) is 0 Å². The summed E-state index contributed by atoms with van der Waals surface area (Å²) < 4.78 is 5.46. The number of unbranched alkanes of at least 4 members (excludes halogenated alkanes) is 2. The first kappa shape index (κ1) is 31.5. The van der Waals surface area contributed by atoms with Gasteiger partial charge >= 0.3 is 6.09 Å². The van der Waals surface area contributed by atoms with Crippen molar-refractivity contribution in [3.8, 4) is 0 Å². The number of hydrogen-bond donors (Lipinski definition) is 2. The predicted octanol–water partition coefficient (Wildman–Crippen LogP) is 5.91. The Bertz CT molecular complexity index is 832. The minimum Gasteiger partial charge on any atom is -0.444 e. The fourth-order valence-corrected chi connectivity index (χ4v) is 3.94. The van der Waals surface area contributed by atoms with Crippen molar-refractivity contribution < 1.29 is 19.1 Å². The molecule has 0 fully saturated rings. The predicted molar refractivity (Wildman–Crippen MR) is 146 cm³/mol. The van der Waals surface area contributed by atoms with Crippen LogP contribution < -0.4 is 10.6 Å². The maximum absolute atomic E-state index is 14.2. The van der Waals surface area contributed by atoms with E-state index in [9.17, 15) is 14.4 Å². The molecule has 204 valence electrons. The molecule has 3 amide bonds. The van der Waals surface area contributed by atoms with E-state index in [1.54, 1.807) is 25.7 Å². The van der Waals surface area contributed by atoms with Crippen molar-refractivity contribution >= 4 is 17.9 Å². The Kier molecular flexibility index (Phi) is 13.0. The molecule has 0 aliphatic rings. The molecule has 4 unspecified atom stereocenters. The third-order valence-corrected chi connectivity index (χ3v) is 6.47. The van der Waals surface area contributed by atoms with Crippen molar-refractivity contribution in [1.29, 1.82) is 0 Å². The number of nitrogens with zero attached hydrogens (tertiary/aromatic N) is 1. The van der Waals surface area contributed by atoms with E-state index in [1.165, 1.54) is 0 Å². The molecule has 0 bridgehead atoms. The van der Waals surface area contributed by atoms with Gasteiger partial charge in [-0.25, -0.2) is 4.79 Å². The third-order valence-electron chi connectivity index (χ3n) is 6.47. The first-order valence-corrected chi connectivity index (χ1v) is 13.5. The van der Waals surface area contributed by atoms with E-state index in [4.69, 9.17) is 4.74 Å². The van der Waals surface area contributed by atoms with Crippen LogP contribution in [-0.4, -0.2) is 47.0 Å². The molecule has 4 atom stereocenters. The topological polar surface area (TPSA) is 87.7 Å². The van der Waals surface area contributed by atoms with Crippen LogP contribution in [0.15, 0.2) is 24.3 Å². The Morgan fingerprint density at radius 2 is 1.58 bits per heavy atom. The van der Waals surface area contributed by atoms with Crippen LogP contribution in [0.5, 0.6) is 0 Å². The molecule has 0 spiro atoms. The molecule has 1 aromatic rings. The smallest absolute Gasteiger partial charge is 0.408 e. The molecule has 36 heavy (non-hydrogen) atoms. The number of nitrogens with one attached hydrogen (secondary N) is 2. The summed E-state index contributed by atoms with van der Waals surface area (Å²) in [6, 6.07) is 5.88. The number of alkyl carbamates (subject to hydrolysis) is 1. The third kappa shape index (κ3) is 9.82. The molecule has 1 rings (SSSR count). The number of ether oxygens (including phenoxy) is 1. The standard InChI is InChI=1S/C29H49N3O4/c1-10-13-14-19-30-26(33)25(23-17-15-20(4)16-18-23)32(22(6)12-3)27(34)24(21(5)11-2)31-28(35)36-29(7,8)9/h15-18,21-22,24-25H,10-14,19H2,1-9H3,(H,30,33)(H,31,35). The molecular weight excluding hydrogens is 454 g/mol. The summed E-state index contributed by atoms with van der Waals surface area (Å²) in [6.07, 6.45) is 3.67. The first-order chi connectivity index (χ1) is 16.9. The average Bonchev–Trinajstić information content (AvgIpc) is 2.81. The average molecular weight is 504 g/mol. The van der Waals surface area contributed by atoms with Crippen LogP contribution in [0.3, 0.4) is 0 Å². The largest absolute Gasteiger partial charge is 0.444 e. The zero-order valence-electron chi connectivity index (χ0n) is 23.9. The van der Waals surface area contributed by atoms with Gasteiger partial charge in [-0.1, -0.05) is 76.8 Å². The van der Waals surface area contributed by atoms with Crippen LogP contribution in [0.25, 0.3) is 0 Å². The van der Waals surface area contributed by atoms with Gasteiger partial charge in [0.1, 0.15) is 17.7 Å². The van der Waals surface area contributed by atoms with Gasteiger partial charge in [-0.3, -0.25) is 9.59 Å². The highest BCUT2D eigenvalue weighted by atomic mass is 16.6. The molecule has 2 N–H and O–H groups in total. The molecule has 0 heterocycles. The molecular formula is C29H49N3O4. The van der Waals surface area contributed by atoms with Gasteiger partial charge in [0, 0.05) is 12.6 Å². The second kappa shape index (κ2) is 14.9. The number of amides is 3. The summed E-state index contributed by atoms with van der Waals surface area (Å²) in [5.41, 5.74) is 1.14. The Morgan fingerprint density at radius 3 is 2.08 bits per heavy atom. The van der Waals surface area contributed by atoms with E-state index >= 15 is 0 Å². The second-order valence-corrected chi connectivity index (χ2v) is 10.8. The van der Waals surface area contributed by atoms with Gasteiger partial charge in [-0.05, 0) is 58.9 Å². The number of benzene rings is 1. The van der Waals surface area contributed by atoms with E-state index in [-0.39, 0.29) is 23.8 Å². The molecule has 0 radical (unpaired) electrons. The molecule has 1 aromatic carbocycles. The van der Waals surface area contributed by atoms with Gasteiger partial charge in [0.2, 0.25) is 11.8 Å². The van der Waals surface area contributed by atoms with E-state index in [1.807, 2.05) is 58.9 Å². The van der Waals surface area contributed by atoms with Crippen LogP contribution in [0.1, 0.15) is 105 Å². The maximum Gasteiger partial charge on any atom is 0.408 e. The molecule has 0 aliphatic heterocycles. The number of carbonyl (C=O) groups excluding carboxylic acids is 3. The van der Waals surface area contributed by atoms with Crippen LogP contribution in [0.2, 0.25) is 0 Å². The van der Waals surface area contributed by atoms with Crippen LogP contribution in [0, 0.1) is 12.8 Å². The van der Waals surface area contributed by atoms with E-state index in [0.717, 1.165) is 30.4 Å². The zero-order valence-corrected chi connectivity index (χ0v) is 23.9. The van der Waals surface area contributed by atoms with Gasteiger partial charge in [0.15, 0.2) is 0 Å². The molecule has 7 nitrogen and oxygen atoms in total. The van der Waals surface area contributed by atoms with Gasteiger partial charge < -0.3 is 20.3 Å². The van der Waals surface area contributed by atoms with Gasteiger partial charge in [0.05, 0.1) is 0 Å². The fraction of sp³-hybridized carbons (Fsp3) is 0.690. The lowest BCUT2D eigenvalue weighted by Crippen LogP contribution is -2.57. The Hall–Kier alpha value is -2.57. The lowest BCUT2D eigenvalue weighted by molar-refractivity contribution is -0.146. The summed E-state index contributed by atoms with van der Waals surface area (Å²) in [5.74, 6) is -0.634. The molecule has 7 heteroatoms. The highest BCUT2D eigenvalue weighted by Crippen LogP contribution is 2.28. The van der Waals surface area contributed by atoms with Crippen LogP contribution in [0.4, 0.5) is 4.79 Å².